The van der Waals surface area contributed by atoms with Crippen LogP contribution in [-0.4, -0.2) is 11.6 Å². The summed E-state index contributed by atoms with van der Waals surface area (Å²) < 4.78 is 6.94. The number of nitrogens with two attached hydrogens (primary N) is 1. The number of nitrogens with zero attached hydrogens (tertiary/aromatic N) is 1. The third-order valence-electron chi connectivity index (χ3n) is 3.64. The van der Waals surface area contributed by atoms with Crippen LogP contribution in [0.1, 0.15) is 30.7 Å². The van der Waals surface area contributed by atoms with E-state index in [2.05, 4.69) is 4.98 Å². The van der Waals surface area contributed by atoms with Crippen LogP contribution in [0.15, 0.2) is 12.1 Å². The van der Waals surface area contributed by atoms with Gasteiger partial charge in [-0.05, 0) is 25.3 Å². The van der Waals surface area contributed by atoms with Gasteiger partial charge in [0, 0.05) is 6.07 Å². The fraction of sp³-hybridized carbons (Fsp3) is 0.500. The minimum Gasteiger partial charge on any atom is -0.491 e. The molecule has 96 valence electrons. The molecule has 2 N–H and O–H groups in total. The second-order valence-electron chi connectivity index (χ2n) is 5.02. The van der Waals surface area contributed by atoms with E-state index in [4.69, 9.17) is 10.5 Å². The van der Waals surface area contributed by atoms with E-state index in [-0.39, 0.29) is 0 Å². The fourth-order valence-corrected chi connectivity index (χ4v) is 3.18. The molecule has 3 rings (SSSR count). The van der Waals surface area contributed by atoms with Crippen molar-refractivity contribution in [2.24, 2.45) is 5.92 Å². The molecule has 1 aromatic heterocycles. The molecule has 18 heavy (non-hydrogen) atoms. The largest absolute Gasteiger partial charge is 0.491 e. The molecule has 1 aliphatic rings. The second-order valence-corrected chi connectivity index (χ2v) is 6.26. The van der Waals surface area contributed by atoms with Crippen molar-refractivity contribution in [3.63, 3.8) is 0 Å². The number of aryl methyl sites for hydroxylation is 1. The highest BCUT2D eigenvalue weighted by Gasteiger charge is 2.17. The van der Waals surface area contributed by atoms with Crippen molar-refractivity contribution in [3.05, 3.63) is 17.1 Å². The van der Waals surface area contributed by atoms with Crippen molar-refractivity contribution >= 4 is 27.2 Å². The summed E-state index contributed by atoms with van der Waals surface area (Å²) >= 11 is 1.67. The summed E-state index contributed by atoms with van der Waals surface area (Å²) in [5.41, 5.74) is 7.73. The Bertz CT molecular complexity index is 560. The highest BCUT2D eigenvalue weighted by molar-refractivity contribution is 7.18. The first kappa shape index (κ1) is 11.8. The summed E-state index contributed by atoms with van der Waals surface area (Å²) in [6.07, 6.45) is 5.26. The zero-order chi connectivity index (χ0) is 12.5. The van der Waals surface area contributed by atoms with Gasteiger partial charge in [-0.2, -0.15) is 0 Å². The van der Waals surface area contributed by atoms with Crippen molar-refractivity contribution in [3.8, 4) is 5.75 Å². The van der Waals surface area contributed by atoms with E-state index in [1.54, 1.807) is 11.3 Å². The quantitative estimate of drug-likeness (QED) is 0.853. The molecule has 0 saturated heterocycles. The highest BCUT2D eigenvalue weighted by Crippen LogP contribution is 2.33. The highest BCUT2D eigenvalue weighted by atomic mass is 32.1. The molecule has 0 unspecified atom stereocenters. The lowest BCUT2D eigenvalue weighted by Gasteiger charge is -2.25. The van der Waals surface area contributed by atoms with E-state index >= 15 is 0 Å². The molecule has 1 aromatic carbocycles. The molecule has 0 radical (unpaired) electrons. The Morgan fingerprint density at radius 3 is 3.00 bits per heavy atom. The van der Waals surface area contributed by atoms with Gasteiger partial charge in [0.1, 0.15) is 5.75 Å². The summed E-state index contributed by atoms with van der Waals surface area (Å²) in [4.78, 5) is 4.47. The predicted molar refractivity (Wildman–Crippen MR) is 76.2 cm³/mol. The summed E-state index contributed by atoms with van der Waals surface area (Å²) in [5.74, 6) is 1.66. The number of rotatable bonds is 4. The number of fused-ring (bicyclic) bond motifs is 1. The van der Waals surface area contributed by atoms with E-state index < -0.39 is 0 Å². The first-order valence-electron chi connectivity index (χ1n) is 6.52. The van der Waals surface area contributed by atoms with Crippen molar-refractivity contribution in [2.45, 2.75) is 32.6 Å². The van der Waals surface area contributed by atoms with Crippen LogP contribution in [0.3, 0.4) is 0 Å². The van der Waals surface area contributed by atoms with Crippen LogP contribution >= 0.6 is 11.3 Å². The summed E-state index contributed by atoms with van der Waals surface area (Å²) in [5, 5.41) is 1.07. The Hall–Kier alpha value is -1.29. The lowest BCUT2D eigenvalue weighted by atomic mass is 9.83. The molecule has 0 amide bonds. The van der Waals surface area contributed by atoms with E-state index in [0.29, 0.717) is 0 Å². The summed E-state index contributed by atoms with van der Waals surface area (Å²) in [7, 11) is 0. The van der Waals surface area contributed by atoms with Gasteiger partial charge in [-0.1, -0.05) is 19.3 Å². The molecule has 2 aromatic rings. The van der Waals surface area contributed by atoms with E-state index in [9.17, 15) is 0 Å². The Labute approximate surface area is 111 Å². The number of benzene rings is 1. The van der Waals surface area contributed by atoms with Gasteiger partial charge >= 0.3 is 0 Å². The zero-order valence-corrected chi connectivity index (χ0v) is 11.4. The fourth-order valence-electron chi connectivity index (χ4n) is 2.33. The van der Waals surface area contributed by atoms with Gasteiger partial charge in [-0.15, -0.1) is 11.3 Å². The third-order valence-corrected chi connectivity index (χ3v) is 4.57. The maximum Gasteiger partial charge on any atom is 0.144 e. The molecule has 0 atom stereocenters. The lowest BCUT2D eigenvalue weighted by molar-refractivity contribution is 0.223. The molecule has 0 spiro atoms. The van der Waals surface area contributed by atoms with Crippen LogP contribution in [0.25, 0.3) is 10.2 Å². The Kier molecular flexibility index (Phi) is 3.12. The van der Waals surface area contributed by atoms with Gasteiger partial charge in [-0.25, -0.2) is 4.98 Å². The zero-order valence-electron chi connectivity index (χ0n) is 10.6. The molecule has 3 nitrogen and oxygen atoms in total. The number of thiazole rings is 1. The van der Waals surface area contributed by atoms with Crippen molar-refractivity contribution < 1.29 is 4.74 Å². The van der Waals surface area contributed by atoms with Crippen LogP contribution in [0.5, 0.6) is 5.75 Å². The molecule has 1 saturated carbocycles. The average molecular weight is 262 g/mol. The van der Waals surface area contributed by atoms with Gasteiger partial charge in [0.2, 0.25) is 0 Å². The molecular formula is C14H18N2OS. The SMILES string of the molecule is Cc1nc2cc(OCCC3CCC3)c(N)cc2s1. The molecule has 1 heterocycles. The average Bonchev–Trinajstić information content (AvgIpc) is 2.61. The van der Waals surface area contributed by atoms with Gasteiger partial charge in [0.05, 0.1) is 27.5 Å². The van der Waals surface area contributed by atoms with Crippen LogP contribution in [0.4, 0.5) is 5.69 Å². The summed E-state index contributed by atoms with van der Waals surface area (Å²) in [6.45, 7) is 2.78. The van der Waals surface area contributed by atoms with Gasteiger partial charge in [-0.3, -0.25) is 0 Å². The molecule has 1 fully saturated rings. The number of anilines is 1. The third kappa shape index (κ3) is 2.29. The predicted octanol–water partition coefficient (Wildman–Crippen LogP) is 3.76. The summed E-state index contributed by atoms with van der Waals surface area (Å²) in [6, 6.07) is 3.94. The molecule has 1 aliphatic carbocycles. The number of hydrogen-bond donors (Lipinski definition) is 1. The Morgan fingerprint density at radius 1 is 1.44 bits per heavy atom. The number of ether oxygens (including phenoxy) is 1. The van der Waals surface area contributed by atoms with Crippen LogP contribution in [-0.2, 0) is 0 Å². The van der Waals surface area contributed by atoms with Crippen molar-refractivity contribution in [1.29, 1.82) is 0 Å². The van der Waals surface area contributed by atoms with E-state index in [1.165, 1.54) is 19.3 Å². The molecule has 4 heteroatoms. The van der Waals surface area contributed by atoms with Crippen LogP contribution in [0.2, 0.25) is 0 Å². The molecular weight excluding hydrogens is 244 g/mol. The minimum atomic E-state index is 0.722. The van der Waals surface area contributed by atoms with Crippen LogP contribution in [0, 0.1) is 12.8 Å². The van der Waals surface area contributed by atoms with Crippen molar-refractivity contribution in [2.75, 3.05) is 12.3 Å². The second kappa shape index (κ2) is 4.76. The van der Waals surface area contributed by atoms with E-state index in [0.717, 1.165) is 45.6 Å². The minimum absolute atomic E-state index is 0.722. The number of hydrogen-bond acceptors (Lipinski definition) is 4. The van der Waals surface area contributed by atoms with Crippen molar-refractivity contribution in [1.82, 2.24) is 4.98 Å². The first-order chi connectivity index (χ1) is 8.72. The smallest absolute Gasteiger partial charge is 0.144 e. The van der Waals surface area contributed by atoms with Gasteiger partial charge < -0.3 is 10.5 Å². The van der Waals surface area contributed by atoms with Crippen LogP contribution < -0.4 is 10.5 Å². The van der Waals surface area contributed by atoms with Gasteiger partial charge in [0.25, 0.3) is 0 Å². The molecule has 0 aliphatic heterocycles. The number of aromatic nitrogens is 1. The molecule has 0 bridgehead atoms. The maximum atomic E-state index is 6.01. The monoisotopic (exact) mass is 262 g/mol. The normalized spacial score (nSPS) is 15.8. The maximum absolute atomic E-state index is 6.01. The standard InChI is InChI=1S/C14H18N2OS/c1-9-16-12-8-13(11(15)7-14(12)18-9)17-6-5-10-3-2-4-10/h7-8,10H,2-6,15H2,1H3. The lowest BCUT2D eigenvalue weighted by Crippen LogP contribution is -2.14. The number of nitrogen functional groups attached to an aromatic ring is 1. The van der Waals surface area contributed by atoms with Gasteiger partial charge in [0.15, 0.2) is 0 Å². The van der Waals surface area contributed by atoms with E-state index in [1.807, 2.05) is 19.1 Å². The Morgan fingerprint density at radius 2 is 2.28 bits per heavy atom. The topological polar surface area (TPSA) is 48.1 Å². The Balaban J connectivity index is 1.71. The first-order valence-corrected chi connectivity index (χ1v) is 7.33.